The highest BCUT2D eigenvalue weighted by Crippen LogP contribution is 2.29. The SMILES string of the molecule is COc1ccc(NC(=O)c2cn(CC(C)C)c3ccccc23)cc1NC(C)=O. The lowest BCUT2D eigenvalue weighted by Crippen LogP contribution is -2.13. The number of rotatable bonds is 6. The number of benzene rings is 2. The van der Waals surface area contributed by atoms with Crippen molar-refractivity contribution in [1.29, 1.82) is 0 Å². The van der Waals surface area contributed by atoms with E-state index >= 15 is 0 Å². The first-order chi connectivity index (χ1) is 13.4. The minimum atomic E-state index is -0.210. The summed E-state index contributed by atoms with van der Waals surface area (Å²) in [7, 11) is 1.53. The number of amides is 2. The number of para-hydroxylation sites is 1. The van der Waals surface area contributed by atoms with Crippen LogP contribution in [0.15, 0.2) is 48.7 Å². The summed E-state index contributed by atoms with van der Waals surface area (Å²) in [5, 5.41) is 6.55. The molecule has 0 atom stereocenters. The first-order valence-electron chi connectivity index (χ1n) is 9.24. The second-order valence-corrected chi connectivity index (χ2v) is 7.16. The summed E-state index contributed by atoms with van der Waals surface area (Å²) in [5.74, 6) is 0.589. The Morgan fingerprint density at radius 1 is 1.11 bits per heavy atom. The summed E-state index contributed by atoms with van der Waals surface area (Å²) >= 11 is 0. The molecule has 1 heterocycles. The van der Waals surface area contributed by atoms with Crippen molar-refractivity contribution in [3.63, 3.8) is 0 Å². The van der Waals surface area contributed by atoms with E-state index in [1.165, 1.54) is 14.0 Å². The molecule has 146 valence electrons. The van der Waals surface area contributed by atoms with Gasteiger partial charge in [-0.25, -0.2) is 0 Å². The van der Waals surface area contributed by atoms with Crippen molar-refractivity contribution < 1.29 is 14.3 Å². The zero-order valence-corrected chi connectivity index (χ0v) is 16.6. The molecule has 0 saturated heterocycles. The quantitative estimate of drug-likeness (QED) is 0.661. The van der Waals surface area contributed by atoms with Crippen molar-refractivity contribution >= 4 is 34.1 Å². The number of fused-ring (bicyclic) bond motifs is 1. The molecule has 2 aromatic carbocycles. The third-order valence-electron chi connectivity index (χ3n) is 4.36. The van der Waals surface area contributed by atoms with E-state index in [-0.39, 0.29) is 11.8 Å². The molecule has 6 nitrogen and oxygen atoms in total. The van der Waals surface area contributed by atoms with Crippen LogP contribution in [0.5, 0.6) is 5.75 Å². The number of carbonyl (C=O) groups excluding carboxylic acids is 2. The van der Waals surface area contributed by atoms with Crippen molar-refractivity contribution in [3.8, 4) is 5.75 Å². The predicted molar refractivity (Wildman–Crippen MR) is 112 cm³/mol. The van der Waals surface area contributed by atoms with Gasteiger partial charge < -0.3 is 19.9 Å². The van der Waals surface area contributed by atoms with Crippen LogP contribution in [0.1, 0.15) is 31.1 Å². The molecule has 28 heavy (non-hydrogen) atoms. The van der Waals surface area contributed by atoms with Crippen LogP contribution in [0.4, 0.5) is 11.4 Å². The maximum atomic E-state index is 13.0. The van der Waals surface area contributed by atoms with Crippen molar-refractivity contribution in [2.24, 2.45) is 5.92 Å². The molecule has 0 aliphatic rings. The van der Waals surface area contributed by atoms with E-state index in [1.54, 1.807) is 18.2 Å². The highest BCUT2D eigenvalue weighted by molar-refractivity contribution is 6.13. The fourth-order valence-electron chi connectivity index (χ4n) is 3.24. The molecule has 2 N–H and O–H groups in total. The average molecular weight is 379 g/mol. The van der Waals surface area contributed by atoms with E-state index in [4.69, 9.17) is 4.74 Å². The molecule has 2 amide bonds. The molecule has 0 fully saturated rings. The van der Waals surface area contributed by atoms with Crippen LogP contribution in [0, 0.1) is 5.92 Å². The van der Waals surface area contributed by atoms with Gasteiger partial charge in [0.2, 0.25) is 5.91 Å². The van der Waals surface area contributed by atoms with Gasteiger partial charge in [0.15, 0.2) is 0 Å². The molecule has 0 aliphatic carbocycles. The van der Waals surface area contributed by atoms with E-state index in [0.29, 0.717) is 28.6 Å². The minimum Gasteiger partial charge on any atom is -0.495 e. The zero-order valence-electron chi connectivity index (χ0n) is 16.6. The molecule has 0 aliphatic heterocycles. The Bertz CT molecular complexity index is 1020. The number of methoxy groups -OCH3 is 1. The zero-order chi connectivity index (χ0) is 20.3. The molecule has 0 bridgehead atoms. The first-order valence-corrected chi connectivity index (χ1v) is 9.24. The Balaban J connectivity index is 1.92. The van der Waals surface area contributed by atoms with E-state index in [2.05, 4.69) is 29.0 Å². The summed E-state index contributed by atoms with van der Waals surface area (Å²) in [6.45, 7) is 6.56. The monoisotopic (exact) mass is 379 g/mol. The Morgan fingerprint density at radius 2 is 1.86 bits per heavy atom. The van der Waals surface area contributed by atoms with Gasteiger partial charge in [0, 0.05) is 36.3 Å². The molecule has 3 rings (SSSR count). The summed E-state index contributed by atoms with van der Waals surface area (Å²) in [6, 6.07) is 13.0. The van der Waals surface area contributed by atoms with Crippen LogP contribution in [0.3, 0.4) is 0 Å². The van der Waals surface area contributed by atoms with Gasteiger partial charge in [-0.05, 0) is 30.2 Å². The van der Waals surface area contributed by atoms with E-state index in [1.807, 2.05) is 30.5 Å². The second-order valence-electron chi connectivity index (χ2n) is 7.16. The maximum Gasteiger partial charge on any atom is 0.257 e. The largest absolute Gasteiger partial charge is 0.495 e. The number of nitrogens with one attached hydrogen (secondary N) is 2. The Labute approximate surface area is 164 Å². The third kappa shape index (κ3) is 4.17. The van der Waals surface area contributed by atoms with Crippen LogP contribution in [0.25, 0.3) is 10.9 Å². The highest BCUT2D eigenvalue weighted by Gasteiger charge is 2.16. The third-order valence-corrected chi connectivity index (χ3v) is 4.36. The average Bonchev–Trinajstić information content (AvgIpc) is 3.00. The molecule has 3 aromatic rings. The molecule has 0 unspecified atom stereocenters. The Hall–Kier alpha value is -3.28. The van der Waals surface area contributed by atoms with Crippen molar-refractivity contribution in [3.05, 3.63) is 54.2 Å². The number of anilines is 2. The lowest BCUT2D eigenvalue weighted by Gasteiger charge is -2.11. The van der Waals surface area contributed by atoms with Crippen LogP contribution in [-0.2, 0) is 11.3 Å². The fourth-order valence-corrected chi connectivity index (χ4v) is 3.24. The predicted octanol–water partition coefficient (Wildman–Crippen LogP) is 4.52. The summed E-state index contributed by atoms with van der Waals surface area (Å²) < 4.78 is 7.37. The molecule has 0 spiro atoms. The fraction of sp³-hybridized carbons (Fsp3) is 0.273. The van der Waals surface area contributed by atoms with Crippen LogP contribution < -0.4 is 15.4 Å². The molecule has 1 aromatic heterocycles. The second kappa shape index (κ2) is 8.17. The number of hydrogen-bond donors (Lipinski definition) is 2. The van der Waals surface area contributed by atoms with Gasteiger partial charge in [-0.1, -0.05) is 32.0 Å². The number of aromatic nitrogens is 1. The van der Waals surface area contributed by atoms with Crippen LogP contribution >= 0.6 is 0 Å². The van der Waals surface area contributed by atoms with Gasteiger partial charge in [0.05, 0.1) is 18.4 Å². The van der Waals surface area contributed by atoms with Crippen LogP contribution in [-0.4, -0.2) is 23.5 Å². The number of nitrogens with zero attached hydrogens (tertiary/aromatic N) is 1. The van der Waals surface area contributed by atoms with Gasteiger partial charge in [-0.2, -0.15) is 0 Å². The van der Waals surface area contributed by atoms with Crippen LogP contribution in [0.2, 0.25) is 0 Å². The number of ether oxygens (including phenoxy) is 1. The topological polar surface area (TPSA) is 72.4 Å². The lowest BCUT2D eigenvalue weighted by atomic mass is 10.1. The molecular formula is C22H25N3O3. The lowest BCUT2D eigenvalue weighted by molar-refractivity contribution is -0.114. The first kappa shape index (κ1) is 19.5. The summed E-state index contributed by atoms with van der Waals surface area (Å²) in [5.41, 5.74) is 2.74. The van der Waals surface area contributed by atoms with Crippen molar-refractivity contribution in [2.75, 3.05) is 17.7 Å². The maximum absolute atomic E-state index is 13.0. The molecular weight excluding hydrogens is 354 g/mol. The van der Waals surface area contributed by atoms with Crippen molar-refractivity contribution in [2.45, 2.75) is 27.3 Å². The molecule has 6 heteroatoms. The summed E-state index contributed by atoms with van der Waals surface area (Å²) in [4.78, 5) is 24.4. The number of carbonyl (C=O) groups is 2. The standard InChI is InChI=1S/C22H25N3O3/c1-14(2)12-25-13-18(17-7-5-6-8-20(17)25)22(27)24-16-9-10-21(28-4)19(11-16)23-15(3)26/h5-11,13-14H,12H2,1-4H3,(H,23,26)(H,24,27). The minimum absolute atomic E-state index is 0.197. The van der Waals surface area contributed by atoms with Crippen molar-refractivity contribution in [1.82, 2.24) is 4.57 Å². The van der Waals surface area contributed by atoms with E-state index < -0.39 is 0 Å². The number of hydrogen-bond acceptors (Lipinski definition) is 3. The Morgan fingerprint density at radius 3 is 2.54 bits per heavy atom. The van der Waals surface area contributed by atoms with Gasteiger partial charge in [0.1, 0.15) is 5.75 Å². The van der Waals surface area contributed by atoms with Gasteiger partial charge >= 0.3 is 0 Å². The van der Waals surface area contributed by atoms with Gasteiger partial charge in [-0.15, -0.1) is 0 Å². The van der Waals surface area contributed by atoms with Gasteiger partial charge in [-0.3, -0.25) is 9.59 Å². The van der Waals surface area contributed by atoms with Gasteiger partial charge in [0.25, 0.3) is 5.91 Å². The highest BCUT2D eigenvalue weighted by atomic mass is 16.5. The molecule has 0 radical (unpaired) electrons. The molecule has 0 saturated carbocycles. The van der Waals surface area contributed by atoms with E-state index in [0.717, 1.165) is 17.4 Å². The Kier molecular flexibility index (Phi) is 5.68. The normalized spacial score (nSPS) is 10.9. The van der Waals surface area contributed by atoms with E-state index in [9.17, 15) is 9.59 Å². The summed E-state index contributed by atoms with van der Waals surface area (Å²) in [6.07, 6.45) is 1.90. The smallest absolute Gasteiger partial charge is 0.257 e.